The molecule has 1 aliphatic heterocycles. The van der Waals surface area contributed by atoms with Gasteiger partial charge in [0.05, 0.1) is 5.39 Å². The lowest BCUT2D eigenvalue weighted by atomic mass is 9.67. The number of fused-ring (bicyclic) bond motifs is 1. The Labute approximate surface area is 213 Å². The van der Waals surface area contributed by atoms with Crippen molar-refractivity contribution >= 4 is 16.9 Å². The van der Waals surface area contributed by atoms with Crippen LogP contribution in [0.1, 0.15) is 51.5 Å². The van der Waals surface area contributed by atoms with Crippen LogP contribution in [0.15, 0.2) is 67.1 Å². The van der Waals surface area contributed by atoms with Crippen molar-refractivity contribution in [2.75, 3.05) is 25.4 Å². The quantitative estimate of drug-likeness (QED) is 0.344. The second-order valence-corrected chi connectivity index (χ2v) is 10.5. The van der Waals surface area contributed by atoms with Gasteiger partial charge in [0.15, 0.2) is 0 Å². The first-order chi connectivity index (χ1) is 17.6. The topological polar surface area (TPSA) is 69.2 Å². The van der Waals surface area contributed by atoms with Gasteiger partial charge in [0.2, 0.25) is 0 Å². The van der Waals surface area contributed by atoms with Crippen molar-refractivity contribution in [3.05, 3.63) is 67.1 Å². The summed E-state index contributed by atoms with van der Waals surface area (Å²) in [5.74, 6) is 2.18. The predicted molar refractivity (Wildman–Crippen MR) is 145 cm³/mol. The Bertz CT molecular complexity index is 1310. The fourth-order valence-electron chi connectivity index (χ4n) is 6.27. The maximum Gasteiger partial charge on any atom is 0.146 e. The van der Waals surface area contributed by atoms with Gasteiger partial charge in [0, 0.05) is 17.8 Å². The van der Waals surface area contributed by atoms with Crippen LogP contribution in [0.3, 0.4) is 0 Å². The molecule has 1 aliphatic carbocycles. The number of anilines is 1. The number of likely N-dealkylation sites (tertiary alicyclic amines) is 1. The van der Waals surface area contributed by atoms with Gasteiger partial charge in [-0.3, -0.25) is 0 Å². The smallest absolute Gasteiger partial charge is 0.146 e. The van der Waals surface area contributed by atoms with Crippen molar-refractivity contribution in [3.8, 4) is 22.6 Å². The monoisotopic (exact) mass is 481 g/mol. The minimum absolute atomic E-state index is 0.450. The summed E-state index contributed by atoms with van der Waals surface area (Å²) in [7, 11) is 0. The first-order valence-electron chi connectivity index (χ1n) is 13.3. The standard InChI is InChI=1S/C30H35N5O/c1-2-34-18-16-30(17-19-34)14-12-23(13-15-30)35-20-26(27-28(31)32-21-33-29(27)35)22-8-10-25(11-9-22)36-24-6-4-3-5-7-24/h3-11,20-21,23H,2,12-19H2,1H3,(H2,31,32,33). The molecule has 6 rings (SSSR count). The number of hydrogen-bond donors (Lipinski definition) is 1. The molecule has 0 radical (unpaired) electrons. The zero-order valence-corrected chi connectivity index (χ0v) is 21.1. The molecule has 4 aromatic rings. The van der Waals surface area contributed by atoms with Crippen LogP contribution < -0.4 is 10.5 Å². The van der Waals surface area contributed by atoms with E-state index in [0.29, 0.717) is 17.3 Å². The Balaban J connectivity index is 1.26. The number of ether oxygens (including phenoxy) is 1. The molecule has 1 spiro atoms. The van der Waals surface area contributed by atoms with Gasteiger partial charge in [0.25, 0.3) is 0 Å². The molecule has 2 aromatic carbocycles. The largest absolute Gasteiger partial charge is 0.457 e. The maximum atomic E-state index is 6.41. The molecule has 1 saturated carbocycles. The van der Waals surface area contributed by atoms with E-state index in [1.165, 1.54) is 58.2 Å². The number of nitrogens with two attached hydrogens (primary N) is 1. The molecule has 2 N–H and O–H groups in total. The third-order valence-electron chi connectivity index (χ3n) is 8.56. The molecule has 6 heteroatoms. The molecule has 6 nitrogen and oxygen atoms in total. The minimum Gasteiger partial charge on any atom is -0.457 e. The molecule has 2 aliphatic rings. The van der Waals surface area contributed by atoms with Gasteiger partial charge in [-0.15, -0.1) is 0 Å². The molecule has 2 aromatic heterocycles. The summed E-state index contributed by atoms with van der Waals surface area (Å²) in [4.78, 5) is 11.6. The van der Waals surface area contributed by atoms with Crippen LogP contribution in [0.4, 0.5) is 5.82 Å². The van der Waals surface area contributed by atoms with Crippen molar-refractivity contribution in [1.82, 2.24) is 19.4 Å². The number of hydrogen-bond acceptors (Lipinski definition) is 5. The van der Waals surface area contributed by atoms with E-state index in [4.69, 9.17) is 15.5 Å². The van der Waals surface area contributed by atoms with Crippen molar-refractivity contribution in [2.45, 2.75) is 51.5 Å². The minimum atomic E-state index is 0.450. The van der Waals surface area contributed by atoms with E-state index < -0.39 is 0 Å². The van der Waals surface area contributed by atoms with E-state index >= 15 is 0 Å². The molecule has 186 valence electrons. The first-order valence-corrected chi connectivity index (χ1v) is 13.3. The Kier molecular flexibility index (Phi) is 6.13. The van der Waals surface area contributed by atoms with E-state index in [2.05, 4.69) is 39.7 Å². The second kappa shape index (κ2) is 9.58. The van der Waals surface area contributed by atoms with Crippen LogP contribution in [0.5, 0.6) is 11.5 Å². The first kappa shape index (κ1) is 23.0. The van der Waals surface area contributed by atoms with Crippen LogP contribution in [0, 0.1) is 5.41 Å². The number of rotatable bonds is 5. The summed E-state index contributed by atoms with van der Waals surface area (Å²) in [6.07, 6.45) is 11.5. The van der Waals surface area contributed by atoms with Gasteiger partial charge in [-0.25, -0.2) is 9.97 Å². The highest BCUT2D eigenvalue weighted by Gasteiger charge is 2.38. The molecule has 3 heterocycles. The molecular weight excluding hydrogens is 446 g/mol. The van der Waals surface area contributed by atoms with E-state index in [-0.39, 0.29) is 0 Å². The lowest BCUT2D eigenvalue weighted by molar-refractivity contribution is 0.0568. The van der Waals surface area contributed by atoms with Crippen LogP contribution in [0.25, 0.3) is 22.2 Å². The van der Waals surface area contributed by atoms with Crippen LogP contribution in [0.2, 0.25) is 0 Å². The third kappa shape index (κ3) is 4.35. The van der Waals surface area contributed by atoms with E-state index in [9.17, 15) is 0 Å². The van der Waals surface area contributed by atoms with E-state index in [1.807, 2.05) is 42.5 Å². The number of nitrogen functional groups attached to an aromatic ring is 1. The zero-order chi connectivity index (χ0) is 24.5. The molecule has 0 amide bonds. The van der Waals surface area contributed by atoms with Gasteiger partial charge in [0.1, 0.15) is 29.3 Å². The molecule has 1 saturated heterocycles. The highest BCUT2D eigenvalue weighted by atomic mass is 16.5. The number of nitrogens with zero attached hydrogens (tertiary/aromatic N) is 4. The Morgan fingerprint density at radius 3 is 2.31 bits per heavy atom. The van der Waals surface area contributed by atoms with Crippen LogP contribution in [-0.4, -0.2) is 39.1 Å². The van der Waals surface area contributed by atoms with Gasteiger partial charge in [-0.05, 0) is 93.4 Å². The van der Waals surface area contributed by atoms with Crippen molar-refractivity contribution < 1.29 is 4.74 Å². The molecular formula is C30H35N5O. The summed E-state index contributed by atoms with van der Waals surface area (Å²) in [6, 6.07) is 18.5. The van der Waals surface area contributed by atoms with Gasteiger partial charge in [-0.1, -0.05) is 37.3 Å². The zero-order valence-electron chi connectivity index (χ0n) is 21.1. The fourth-order valence-corrected chi connectivity index (χ4v) is 6.27. The Morgan fingerprint density at radius 1 is 0.917 bits per heavy atom. The number of piperidine rings is 1. The summed E-state index contributed by atoms with van der Waals surface area (Å²) in [5, 5.41) is 0.950. The molecule has 2 fully saturated rings. The summed E-state index contributed by atoms with van der Waals surface area (Å²) in [5.41, 5.74) is 10.1. The van der Waals surface area contributed by atoms with Gasteiger partial charge in [-0.2, -0.15) is 0 Å². The second-order valence-electron chi connectivity index (χ2n) is 10.5. The molecule has 0 atom stereocenters. The SMILES string of the molecule is CCN1CCC2(CCC(n3cc(-c4ccc(Oc5ccccc5)cc4)c4c(N)ncnc43)CC2)CC1. The number of para-hydroxylation sites is 1. The highest BCUT2D eigenvalue weighted by Crippen LogP contribution is 2.48. The Morgan fingerprint density at radius 2 is 1.61 bits per heavy atom. The van der Waals surface area contributed by atoms with Gasteiger partial charge < -0.3 is 19.9 Å². The van der Waals surface area contributed by atoms with Crippen LogP contribution >= 0.6 is 0 Å². The third-order valence-corrected chi connectivity index (χ3v) is 8.56. The van der Waals surface area contributed by atoms with Crippen LogP contribution in [-0.2, 0) is 0 Å². The lowest BCUT2D eigenvalue weighted by Crippen LogP contribution is -2.41. The molecule has 36 heavy (non-hydrogen) atoms. The highest BCUT2D eigenvalue weighted by molar-refractivity contribution is 6.00. The summed E-state index contributed by atoms with van der Waals surface area (Å²) in [6.45, 7) is 5.97. The predicted octanol–water partition coefficient (Wildman–Crippen LogP) is 6.69. The maximum absolute atomic E-state index is 6.41. The Hall–Kier alpha value is -3.38. The number of benzene rings is 2. The average molecular weight is 482 g/mol. The van der Waals surface area contributed by atoms with Gasteiger partial charge >= 0.3 is 0 Å². The summed E-state index contributed by atoms with van der Waals surface area (Å²) >= 11 is 0. The van der Waals surface area contributed by atoms with E-state index in [0.717, 1.165) is 33.7 Å². The normalized spacial score (nSPS) is 18.6. The lowest BCUT2D eigenvalue weighted by Gasteiger charge is -2.46. The molecule has 0 bridgehead atoms. The average Bonchev–Trinajstić information content (AvgIpc) is 3.32. The van der Waals surface area contributed by atoms with Crippen molar-refractivity contribution in [3.63, 3.8) is 0 Å². The fraction of sp³-hybridized carbons (Fsp3) is 0.400. The molecule has 0 unspecified atom stereocenters. The number of aromatic nitrogens is 3. The van der Waals surface area contributed by atoms with E-state index in [1.54, 1.807) is 6.33 Å². The van der Waals surface area contributed by atoms with Crippen molar-refractivity contribution in [1.29, 1.82) is 0 Å². The summed E-state index contributed by atoms with van der Waals surface area (Å²) < 4.78 is 8.37. The van der Waals surface area contributed by atoms with Crippen molar-refractivity contribution in [2.24, 2.45) is 5.41 Å².